The minimum Gasteiger partial charge on any atom is -0.497 e. The van der Waals surface area contributed by atoms with Crippen molar-refractivity contribution < 1.29 is 19.2 Å². The molecule has 0 aliphatic heterocycles. The first-order valence-corrected chi connectivity index (χ1v) is 10.1. The van der Waals surface area contributed by atoms with Crippen LogP contribution in [0.1, 0.15) is 5.69 Å². The number of nitro benzene ring substituents is 1. The van der Waals surface area contributed by atoms with Crippen LogP contribution in [-0.4, -0.2) is 40.8 Å². The normalized spacial score (nSPS) is 10.4. The van der Waals surface area contributed by atoms with Gasteiger partial charge in [-0.25, -0.2) is 9.97 Å². The molecule has 160 valence electrons. The molecular formula is C21H20N4O5S. The molecule has 1 amide bonds. The van der Waals surface area contributed by atoms with Crippen molar-refractivity contribution in [3.8, 4) is 22.8 Å². The van der Waals surface area contributed by atoms with E-state index < -0.39 is 4.92 Å². The second-order valence-corrected chi connectivity index (χ2v) is 7.33. The van der Waals surface area contributed by atoms with Crippen LogP contribution >= 0.6 is 11.8 Å². The van der Waals surface area contributed by atoms with Crippen LogP contribution < -0.4 is 14.8 Å². The van der Waals surface area contributed by atoms with Gasteiger partial charge in [0.2, 0.25) is 5.91 Å². The molecule has 31 heavy (non-hydrogen) atoms. The molecule has 10 heteroatoms. The maximum atomic E-state index is 12.4. The predicted molar refractivity (Wildman–Crippen MR) is 118 cm³/mol. The number of aromatic nitrogens is 2. The fourth-order valence-corrected chi connectivity index (χ4v) is 3.43. The van der Waals surface area contributed by atoms with Crippen LogP contribution in [0, 0.1) is 17.0 Å². The van der Waals surface area contributed by atoms with Gasteiger partial charge in [0.05, 0.1) is 42.3 Å². The molecule has 1 aromatic heterocycles. The third kappa shape index (κ3) is 5.70. The summed E-state index contributed by atoms with van der Waals surface area (Å²) in [6, 6.07) is 13.4. The van der Waals surface area contributed by atoms with Crippen LogP contribution in [0.5, 0.6) is 11.5 Å². The van der Waals surface area contributed by atoms with Crippen LogP contribution in [0.15, 0.2) is 53.7 Å². The first kappa shape index (κ1) is 22.0. The number of carbonyl (C=O) groups is 1. The van der Waals surface area contributed by atoms with Gasteiger partial charge in [0.25, 0.3) is 5.69 Å². The number of non-ortho nitro benzene ring substituents is 1. The third-order valence-electron chi connectivity index (χ3n) is 4.22. The molecule has 1 heterocycles. The van der Waals surface area contributed by atoms with E-state index in [-0.39, 0.29) is 23.1 Å². The summed E-state index contributed by atoms with van der Waals surface area (Å²) < 4.78 is 10.3. The van der Waals surface area contributed by atoms with Crippen LogP contribution in [0.4, 0.5) is 11.4 Å². The number of thioether (sulfide) groups is 1. The Kier molecular flexibility index (Phi) is 7.03. The van der Waals surface area contributed by atoms with Gasteiger partial charge in [-0.1, -0.05) is 11.8 Å². The summed E-state index contributed by atoms with van der Waals surface area (Å²) in [5.41, 5.74) is 2.66. The lowest BCUT2D eigenvalue weighted by molar-refractivity contribution is -0.384. The van der Waals surface area contributed by atoms with Crippen molar-refractivity contribution in [2.24, 2.45) is 0 Å². The van der Waals surface area contributed by atoms with Gasteiger partial charge in [-0.05, 0) is 43.3 Å². The van der Waals surface area contributed by atoms with Crippen LogP contribution in [0.3, 0.4) is 0 Å². The monoisotopic (exact) mass is 440 g/mol. The minimum atomic E-state index is -0.528. The number of amides is 1. The molecule has 9 nitrogen and oxygen atoms in total. The summed E-state index contributed by atoms with van der Waals surface area (Å²) in [7, 11) is 2.99. The highest BCUT2D eigenvalue weighted by atomic mass is 32.2. The van der Waals surface area contributed by atoms with Crippen LogP contribution in [-0.2, 0) is 4.79 Å². The third-order valence-corrected chi connectivity index (χ3v) is 5.07. The number of benzene rings is 2. The van der Waals surface area contributed by atoms with Gasteiger partial charge >= 0.3 is 0 Å². The molecule has 2 aromatic carbocycles. The van der Waals surface area contributed by atoms with Crippen molar-refractivity contribution >= 4 is 29.0 Å². The van der Waals surface area contributed by atoms with E-state index in [0.717, 1.165) is 22.7 Å². The summed E-state index contributed by atoms with van der Waals surface area (Å²) in [6.45, 7) is 1.86. The molecule has 3 aromatic rings. The number of methoxy groups -OCH3 is 2. The number of hydrogen-bond donors (Lipinski definition) is 1. The van der Waals surface area contributed by atoms with Crippen molar-refractivity contribution in [2.45, 2.75) is 12.1 Å². The van der Waals surface area contributed by atoms with E-state index in [4.69, 9.17) is 9.47 Å². The van der Waals surface area contributed by atoms with Gasteiger partial charge in [-0.3, -0.25) is 14.9 Å². The molecule has 0 bridgehead atoms. The molecule has 0 saturated heterocycles. The van der Waals surface area contributed by atoms with Crippen LogP contribution in [0.25, 0.3) is 11.3 Å². The molecule has 0 unspecified atom stereocenters. The maximum Gasteiger partial charge on any atom is 0.273 e. The average molecular weight is 440 g/mol. The van der Waals surface area contributed by atoms with E-state index in [9.17, 15) is 14.9 Å². The number of hydrogen-bond acceptors (Lipinski definition) is 8. The summed E-state index contributed by atoms with van der Waals surface area (Å²) in [6.07, 6.45) is 0. The number of rotatable bonds is 8. The highest BCUT2D eigenvalue weighted by Gasteiger charge is 2.14. The largest absolute Gasteiger partial charge is 0.497 e. The molecule has 0 saturated carbocycles. The smallest absolute Gasteiger partial charge is 0.273 e. The van der Waals surface area contributed by atoms with E-state index in [1.807, 2.05) is 37.3 Å². The maximum absolute atomic E-state index is 12.4. The summed E-state index contributed by atoms with van der Waals surface area (Å²) in [5.74, 6) is 0.711. The molecule has 0 spiro atoms. The van der Waals surface area contributed by atoms with Crippen molar-refractivity contribution in [3.63, 3.8) is 0 Å². The van der Waals surface area contributed by atoms with Gasteiger partial charge in [-0.15, -0.1) is 0 Å². The first-order valence-electron chi connectivity index (χ1n) is 9.15. The van der Waals surface area contributed by atoms with E-state index in [1.54, 1.807) is 7.11 Å². The lowest BCUT2D eigenvalue weighted by Gasteiger charge is -2.10. The van der Waals surface area contributed by atoms with Crippen molar-refractivity contribution in [1.29, 1.82) is 0 Å². The summed E-state index contributed by atoms with van der Waals surface area (Å²) in [5, 5.41) is 14.1. The Hall–Kier alpha value is -3.66. The van der Waals surface area contributed by atoms with Crippen molar-refractivity contribution in [2.75, 3.05) is 25.3 Å². The second-order valence-electron chi connectivity index (χ2n) is 6.38. The Balaban J connectivity index is 1.69. The van der Waals surface area contributed by atoms with E-state index in [2.05, 4.69) is 15.3 Å². The lowest BCUT2D eigenvalue weighted by Crippen LogP contribution is -2.15. The van der Waals surface area contributed by atoms with Gasteiger partial charge in [0, 0.05) is 17.3 Å². The molecule has 3 rings (SSSR count). The van der Waals surface area contributed by atoms with Crippen LogP contribution in [0.2, 0.25) is 0 Å². The predicted octanol–water partition coefficient (Wildman–Crippen LogP) is 4.11. The number of nitrogens with zero attached hydrogens (tertiary/aromatic N) is 3. The molecule has 1 N–H and O–H groups in total. The zero-order valence-corrected chi connectivity index (χ0v) is 17.9. The van der Waals surface area contributed by atoms with Crippen molar-refractivity contribution in [1.82, 2.24) is 9.97 Å². The Labute approximate surface area is 183 Å². The fraction of sp³-hybridized carbons (Fsp3) is 0.190. The van der Waals surface area contributed by atoms with Gasteiger partial charge in [0.15, 0.2) is 5.16 Å². The number of nitrogens with one attached hydrogen (secondary N) is 1. The van der Waals surface area contributed by atoms with E-state index in [0.29, 0.717) is 10.8 Å². The van der Waals surface area contributed by atoms with Crippen molar-refractivity contribution in [3.05, 3.63) is 64.3 Å². The Morgan fingerprint density at radius 3 is 2.48 bits per heavy atom. The molecular weight excluding hydrogens is 420 g/mol. The topological polar surface area (TPSA) is 116 Å². The number of nitro groups is 1. The number of carbonyl (C=O) groups excluding carboxylic acids is 1. The quantitative estimate of drug-likeness (QED) is 0.241. The molecule has 0 fully saturated rings. The highest BCUT2D eigenvalue weighted by molar-refractivity contribution is 7.99. The molecule has 0 aliphatic rings. The zero-order chi connectivity index (χ0) is 22.4. The second kappa shape index (κ2) is 9.90. The summed E-state index contributed by atoms with van der Waals surface area (Å²) >= 11 is 1.19. The number of aryl methyl sites for hydroxylation is 1. The van der Waals surface area contributed by atoms with E-state index in [1.165, 1.54) is 37.1 Å². The van der Waals surface area contributed by atoms with Gasteiger partial charge in [0.1, 0.15) is 11.5 Å². The average Bonchev–Trinajstić information content (AvgIpc) is 2.77. The first-order chi connectivity index (χ1) is 14.9. The van der Waals surface area contributed by atoms with E-state index >= 15 is 0 Å². The Morgan fingerprint density at radius 2 is 1.84 bits per heavy atom. The molecule has 0 radical (unpaired) electrons. The Bertz CT molecular complexity index is 1110. The van der Waals surface area contributed by atoms with Gasteiger partial charge < -0.3 is 14.8 Å². The standard InChI is InChI=1S/C21H20N4O5S/c1-13-10-18(14-4-7-16(29-2)8-5-14)24-21(22-13)31-12-20(26)23-17-9-6-15(25(27)28)11-19(17)30-3/h4-11H,12H2,1-3H3,(H,23,26). The lowest BCUT2D eigenvalue weighted by atomic mass is 10.1. The summed E-state index contributed by atoms with van der Waals surface area (Å²) in [4.78, 5) is 31.7. The Morgan fingerprint density at radius 1 is 1.10 bits per heavy atom. The number of ether oxygens (including phenoxy) is 2. The SMILES string of the molecule is COc1ccc(-c2cc(C)nc(SCC(=O)Nc3ccc([N+](=O)[O-])cc3OC)n2)cc1. The molecule has 0 aliphatic carbocycles. The fourth-order valence-electron chi connectivity index (χ4n) is 2.73. The molecule has 0 atom stereocenters. The number of anilines is 1. The highest BCUT2D eigenvalue weighted by Crippen LogP contribution is 2.29. The zero-order valence-electron chi connectivity index (χ0n) is 17.1. The van der Waals surface area contributed by atoms with Gasteiger partial charge in [-0.2, -0.15) is 0 Å². The minimum absolute atomic E-state index is 0.0612.